The Balaban J connectivity index is 2.04. The summed E-state index contributed by atoms with van der Waals surface area (Å²) in [5, 5.41) is 3.60. The fourth-order valence-corrected chi connectivity index (χ4v) is 2.21. The lowest BCUT2D eigenvalue weighted by Crippen LogP contribution is -2.34. The Hall–Kier alpha value is -0.0800. The van der Waals surface area contributed by atoms with Crippen LogP contribution in [0.5, 0.6) is 0 Å². The molecule has 0 saturated heterocycles. The van der Waals surface area contributed by atoms with Crippen molar-refractivity contribution in [2.24, 2.45) is 0 Å². The van der Waals surface area contributed by atoms with Gasteiger partial charge in [-0.1, -0.05) is 20.3 Å². The van der Waals surface area contributed by atoms with E-state index in [1.807, 2.05) is 0 Å². The third-order valence-electron chi connectivity index (χ3n) is 3.90. The fraction of sp³-hybridized carbons (Fsp3) is 1.00. The van der Waals surface area contributed by atoms with Crippen LogP contribution in [0.15, 0.2) is 0 Å². The van der Waals surface area contributed by atoms with E-state index in [2.05, 4.69) is 31.0 Å². The first-order valence-electron chi connectivity index (χ1n) is 7.75. The normalized spacial score (nSPS) is 17.6. The summed E-state index contributed by atoms with van der Waals surface area (Å²) in [7, 11) is 0. The van der Waals surface area contributed by atoms with Gasteiger partial charge >= 0.3 is 0 Å². The van der Waals surface area contributed by atoms with E-state index >= 15 is 0 Å². The minimum Gasteiger partial charge on any atom is -0.314 e. The predicted octanol–water partition coefficient (Wildman–Crippen LogP) is 3.42. The zero-order chi connectivity index (χ0) is 12.5. The molecule has 1 rings (SSSR count). The molecule has 0 amide bonds. The highest BCUT2D eigenvalue weighted by atomic mass is 15.1. The van der Waals surface area contributed by atoms with Gasteiger partial charge in [-0.05, 0) is 65.1 Å². The van der Waals surface area contributed by atoms with Crippen LogP contribution in [0.25, 0.3) is 0 Å². The van der Waals surface area contributed by atoms with Gasteiger partial charge in [0.05, 0.1) is 0 Å². The lowest BCUT2D eigenvalue weighted by Gasteiger charge is -2.28. The van der Waals surface area contributed by atoms with Gasteiger partial charge in [-0.2, -0.15) is 0 Å². The molecule has 17 heavy (non-hydrogen) atoms. The van der Waals surface area contributed by atoms with Gasteiger partial charge in [0, 0.05) is 12.1 Å². The fourth-order valence-electron chi connectivity index (χ4n) is 2.21. The maximum Gasteiger partial charge on any atom is 0.00682 e. The van der Waals surface area contributed by atoms with E-state index in [4.69, 9.17) is 0 Å². The maximum absolute atomic E-state index is 3.60. The van der Waals surface area contributed by atoms with Crippen molar-refractivity contribution in [2.45, 2.75) is 77.8 Å². The van der Waals surface area contributed by atoms with Crippen molar-refractivity contribution in [3.05, 3.63) is 0 Å². The van der Waals surface area contributed by atoms with Crippen LogP contribution in [0, 0.1) is 0 Å². The predicted molar refractivity (Wildman–Crippen MR) is 76.5 cm³/mol. The lowest BCUT2D eigenvalue weighted by molar-refractivity contribution is 0.197. The van der Waals surface area contributed by atoms with E-state index in [9.17, 15) is 0 Å². The second-order valence-electron chi connectivity index (χ2n) is 5.58. The molecule has 1 atom stereocenters. The van der Waals surface area contributed by atoms with Gasteiger partial charge in [0.15, 0.2) is 0 Å². The minimum atomic E-state index is 0.762. The van der Waals surface area contributed by atoms with E-state index in [-0.39, 0.29) is 0 Å². The second-order valence-corrected chi connectivity index (χ2v) is 5.58. The third-order valence-corrected chi connectivity index (χ3v) is 3.90. The highest BCUT2D eigenvalue weighted by Crippen LogP contribution is 2.18. The van der Waals surface area contributed by atoms with Crippen LogP contribution in [0.4, 0.5) is 0 Å². The van der Waals surface area contributed by atoms with Crippen molar-refractivity contribution < 1.29 is 0 Å². The molecule has 1 fully saturated rings. The van der Waals surface area contributed by atoms with E-state index in [0.29, 0.717) is 0 Å². The maximum atomic E-state index is 3.60. The largest absolute Gasteiger partial charge is 0.314 e. The second kappa shape index (κ2) is 8.93. The Kier molecular flexibility index (Phi) is 7.87. The summed E-state index contributed by atoms with van der Waals surface area (Å²) in [6.07, 6.45) is 9.47. The number of nitrogens with one attached hydrogen (secondary N) is 1. The Bertz CT molecular complexity index is 178. The molecule has 1 aliphatic carbocycles. The summed E-state index contributed by atoms with van der Waals surface area (Å²) in [4.78, 5) is 2.68. The Labute approximate surface area is 108 Å². The summed E-state index contributed by atoms with van der Waals surface area (Å²) in [6.45, 7) is 10.8. The molecule has 2 heteroatoms. The molecule has 1 saturated carbocycles. The number of nitrogens with zero attached hydrogens (tertiary/aromatic N) is 1. The summed E-state index contributed by atoms with van der Waals surface area (Å²) in [5.41, 5.74) is 0. The van der Waals surface area contributed by atoms with E-state index in [1.54, 1.807) is 0 Å². The molecule has 1 N–H and O–H groups in total. The van der Waals surface area contributed by atoms with Gasteiger partial charge in [0.2, 0.25) is 0 Å². The lowest BCUT2D eigenvalue weighted by atomic mass is 10.1. The topological polar surface area (TPSA) is 15.3 Å². The van der Waals surface area contributed by atoms with Gasteiger partial charge in [-0.15, -0.1) is 0 Å². The average Bonchev–Trinajstić information content (AvgIpc) is 3.15. The molecule has 0 spiro atoms. The minimum absolute atomic E-state index is 0.762. The number of rotatable bonds is 11. The van der Waals surface area contributed by atoms with Crippen LogP contribution in [0.3, 0.4) is 0 Å². The first-order valence-corrected chi connectivity index (χ1v) is 7.75. The van der Waals surface area contributed by atoms with Gasteiger partial charge in [0.1, 0.15) is 0 Å². The Morgan fingerprint density at radius 2 is 1.82 bits per heavy atom. The number of hydrogen-bond acceptors (Lipinski definition) is 2. The molecule has 2 nitrogen and oxygen atoms in total. The molecule has 0 aromatic rings. The molecule has 0 aromatic heterocycles. The molecule has 0 aromatic carbocycles. The summed E-state index contributed by atoms with van der Waals surface area (Å²) in [6, 6.07) is 1.64. The molecule has 0 bridgehead atoms. The molecule has 1 unspecified atom stereocenters. The van der Waals surface area contributed by atoms with Crippen molar-refractivity contribution >= 4 is 0 Å². The molecular weight excluding hydrogens is 208 g/mol. The molecular formula is C15H32N2. The quantitative estimate of drug-likeness (QED) is 0.557. The van der Waals surface area contributed by atoms with Crippen molar-refractivity contribution in [3.8, 4) is 0 Å². The molecule has 1 aliphatic rings. The van der Waals surface area contributed by atoms with Gasteiger partial charge in [-0.3, -0.25) is 0 Å². The van der Waals surface area contributed by atoms with E-state index < -0.39 is 0 Å². The summed E-state index contributed by atoms with van der Waals surface area (Å²) >= 11 is 0. The summed E-state index contributed by atoms with van der Waals surface area (Å²) in [5.74, 6) is 0. The first kappa shape index (κ1) is 15.0. The van der Waals surface area contributed by atoms with Crippen LogP contribution in [0.2, 0.25) is 0 Å². The molecule has 0 heterocycles. The van der Waals surface area contributed by atoms with Crippen molar-refractivity contribution in [1.29, 1.82) is 0 Å². The SMILES string of the molecule is CCCCN(CCCCNC1CC1)C(C)CC. The molecule has 102 valence electrons. The van der Waals surface area contributed by atoms with Crippen LogP contribution in [0.1, 0.15) is 65.7 Å². The van der Waals surface area contributed by atoms with Crippen molar-refractivity contribution in [2.75, 3.05) is 19.6 Å². The third kappa shape index (κ3) is 7.05. The van der Waals surface area contributed by atoms with Gasteiger partial charge in [0.25, 0.3) is 0 Å². The number of hydrogen-bond donors (Lipinski definition) is 1. The van der Waals surface area contributed by atoms with Gasteiger partial charge < -0.3 is 10.2 Å². The summed E-state index contributed by atoms with van der Waals surface area (Å²) < 4.78 is 0. The smallest absolute Gasteiger partial charge is 0.00682 e. The monoisotopic (exact) mass is 240 g/mol. The van der Waals surface area contributed by atoms with Gasteiger partial charge in [-0.25, -0.2) is 0 Å². The van der Waals surface area contributed by atoms with Crippen LogP contribution in [-0.4, -0.2) is 36.6 Å². The highest BCUT2D eigenvalue weighted by Gasteiger charge is 2.19. The Morgan fingerprint density at radius 3 is 2.41 bits per heavy atom. The molecule has 0 aliphatic heterocycles. The van der Waals surface area contributed by atoms with Crippen molar-refractivity contribution in [1.82, 2.24) is 10.2 Å². The average molecular weight is 240 g/mol. The van der Waals surface area contributed by atoms with E-state index in [0.717, 1.165) is 12.1 Å². The van der Waals surface area contributed by atoms with Crippen LogP contribution < -0.4 is 5.32 Å². The zero-order valence-corrected chi connectivity index (χ0v) is 12.2. The number of unbranched alkanes of at least 4 members (excludes halogenated alkanes) is 2. The highest BCUT2D eigenvalue weighted by molar-refractivity contribution is 4.80. The zero-order valence-electron chi connectivity index (χ0n) is 12.2. The Morgan fingerprint density at radius 1 is 1.12 bits per heavy atom. The molecule has 0 radical (unpaired) electrons. The van der Waals surface area contributed by atoms with Crippen molar-refractivity contribution in [3.63, 3.8) is 0 Å². The van der Waals surface area contributed by atoms with Crippen LogP contribution >= 0.6 is 0 Å². The van der Waals surface area contributed by atoms with Crippen LogP contribution in [-0.2, 0) is 0 Å². The standard InChI is InChI=1S/C15H32N2/c1-4-6-12-17(14(3)5-2)13-8-7-11-16-15-9-10-15/h14-16H,4-13H2,1-3H3. The van der Waals surface area contributed by atoms with E-state index in [1.165, 1.54) is 64.6 Å². The first-order chi connectivity index (χ1) is 8.27.